The highest BCUT2D eigenvalue weighted by atomic mass is 32.2. The number of sulfonamides is 1. The lowest BCUT2D eigenvalue weighted by atomic mass is 10.2. The molecule has 7 nitrogen and oxygen atoms in total. The predicted octanol–water partition coefficient (Wildman–Crippen LogP) is 2.00. The number of para-hydroxylation sites is 1. The molecule has 1 aromatic heterocycles. The van der Waals surface area contributed by atoms with Gasteiger partial charge in [0.1, 0.15) is 0 Å². The van der Waals surface area contributed by atoms with E-state index in [0.717, 1.165) is 10.2 Å². The first-order chi connectivity index (χ1) is 13.5. The second-order valence-electron chi connectivity index (χ2n) is 6.37. The Balaban J connectivity index is 1.61. The van der Waals surface area contributed by atoms with E-state index in [2.05, 4.69) is 4.99 Å². The van der Waals surface area contributed by atoms with Crippen LogP contribution in [0.5, 0.6) is 0 Å². The van der Waals surface area contributed by atoms with Crippen molar-refractivity contribution in [3.63, 3.8) is 0 Å². The molecule has 0 N–H and O–H groups in total. The van der Waals surface area contributed by atoms with Gasteiger partial charge in [-0.3, -0.25) is 4.79 Å². The summed E-state index contributed by atoms with van der Waals surface area (Å²) in [6.07, 6.45) is 0. The number of hydrogen-bond donors (Lipinski definition) is 0. The van der Waals surface area contributed by atoms with Crippen molar-refractivity contribution >= 4 is 37.5 Å². The Hall–Kier alpha value is -2.33. The van der Waals surface area contributed by atoms with Crippen molar-refractivity contribution in [2.24, 2.45) is 12.0 Å². The van der Waals surface area contributed by atoms with Crippen LogP contribution in [0.2, 0.25) is 0 Å². The summed E-state index contributed by atoms with van der Waals surface area (Å²) < 4.78 is 34.8. The van der Waals surface area contributed by atoms with Gasteiger partial charge in [0.15, 0.2) is 4.80 Å². The minimum atomic E-state index is -3.58. The molecule has 2 aromatic carbocycles. The topological polar surface area (TPSA) is 81.0 Å². The van der Waals surface area contributed by atoms with E-state index in [1.54, 1.807) is 0 Å². The quantitative estimate of drug-likeness (QED) is 0.653. The van der Waals surface area contributed by atoms with Crippen molar-refractivity contribution in [2.45, 2.75) is 4.90 Å². The van der Waals surface area contributed by atoms with Gasteiger partial charge in [0.2, 0.25) is 10.0 Å². The number of rotatable bonds is 3. The fourth-order valence-corrected chi connectivity index (χ4v) is 5.47. The lowest BCUT2D eigenvalue weighted by Crippen LogP contribution is -2.40. The lowest BCUT2D eigenvalue weighted by molar-refractivity contribution is 0.0730. The van der Waals surface area contributed by atoms with Crippen molar-refractivity contribution in [3.8, 4) is 0 Å². The number of amides is 1. The maximum absolute atomic E-state index is 12.7. The molecule has 9 heteroatoms. The number of carbonyl (C=O) groups is 1. The maximum Gasteiger partial charge on any atom is 0.279 e. The second-order valence-corrected chi connectivity index (χ2v) is 9.32. The Morgan fingerprint density at radius 1 is 1.07 bits per heavy atom. The van der Waals surface area contributed by atoms with Crippen LogP contribution in [0, 0.1) is 0 Å². The molecule has 146 valence electrons. The summed E-state index contributed by atoms with van der Waals surface area (Å²) >= 11 is 1.43. The summed E-state index contributed by atoms with van der Waals surface area (Å²) in [7, 11) is -1.71. The van der Waals surface area contributed by atoms with E-state index in [-0.39, 0.29) is 4.90 Å². The smallest absolute Gasteiger partial charge is 0.279 e. The molecule has 0 bridgehead atoms. The number of fused-ring (bicyclic) bond motifs is 1. The number of aromatic nitrogens is 1. The van der Waals surface area contributed by atoms with Gasteiger partial charge in [-0.05, 0) is 36.4 Å². The van der Waals surface area contributed by atoms with Crippen LogP contribution in [0.15, 0.2) is 58.4 Å². The molecule has 0 atom stereocenters. The molecular formula is C19H19N3O4S2. The fraction of sp³-hybridized carbons (Fsp3) is 0.263. The van der Waals surface area contributed by atoms with Gasteiger partial charge in [-0.1, -0.05) is 23.5 Å². The van der Waals surface area contributed by atoms with E-state index in [0.29, 0.717) is 36.7 Å². The van der Waals surface area contributed by atoms with Crippen molar-refractivity contribution in [1.82, 2.24) is 8.87 Å². The third kappa shape index (κ3) is 3.53. The number of benzene rings is 2. The SMILES string of the molecule is Cn1c(=NC(=O)c2ccc(S(=O)(=O)N3CCOCC3)cc2)sc2ccccc21. The van der Waals surface area contributed by atoms with Crippen LogP contribution in [0.3, 0.4) is 0 Å². The Bertz CT molecular complexity index is 1190. The average Bonchev–Trinajstić information content (AvgIpc) is 3.04. The number of morpholine rings is 1. The van der Waals surface area contributed by atoms with E-state index in [9.17, 15) is 13.2 Å². The van der Waals surface area contributed by atoms with Crippen molar-refractivity contribution in [1.29, 1.82) is 0 Å². The van der Waals surface area contributed by atoms with Crippen molar-refractivity contribution in [3.05, 3.63) is 58.9 Å². The molecule has 2 heterocycles. The monoisotopic (exact) mass is 417 g/mol. The van der Waals surface area contributed by atoms with E-state index in [1.165, 1.54) is 39.9 Å². The molecule has 1 aliphatic rings. The fourth-order valence-electron chi connectivity index (χ4n) is 3.05. The molecule has 1 saturated heterocycles. The first-order valence-electron chi connectivity index (χ1n) is 8.78. The molecule has 0 unspecified atom stereocenters. The summed E-state index contributed by atoms with van der Waals surface area (Å²) in [6, 6.07) is 13.8. The minimum Gasteiger partial charge on any atom is -0.379 e. The summed E-state index contributed by atoms with van der Waals surface area (Å²) in [5.41, 5.74) is 1.35. The van der Waals surface area contributed by atoms with Crippen LogP contribution in [0.25, 0.3) is 10.2 Å². The zero-order valence-electron chi connectivity index (χ0n) is 15.2. The molecule has 0 aliphatic carbocycles. The van der Waals surface area contributed by atoms with E-state index >= 15 is 0 Å². The zero-order chi connectivity index (χ0) is 19.7. The van der Waals surface area contributed by atoms with Gasteiger partial charge in [-0.2, -0.15) is 9.30 Å². The normalized spacial score (nSPS) is 16.5. The highest BCUT2D eigenvalue weighted by molar-refractivity contribution is 7.89. The summed E-state index contributed by atoms with van der Waals surface area (Å²) in [5, 5.41) is 0. The number of thiazole rings is 1. The molecule has 3 aromatic rings. The zero-order valence-corrected chi connectivity index (χ0v) is 16.9. The summed E-state index contributed by atoms with van der Waals surface area (Å²) in [6.45, 7) is 1.45. The lowest BCUT2D eigenvalue weighted by Gasteiger charge is -2.26. The summed E-state index contributed by atoms with van der Waals surface area (Å²) in [5.74, 6) is -0.405. The van der Waals surface area contributed by atoms with E-state index in [4.69, 9.17) is 4.74 Å². The van der Waals surface area contributed by atoms with Gasteiger partial charge in [-0.25, -0.2) is 8.42 Å². The van der Waals surface area contributed by atoms with Gasteiger partial charge in [0.25, 0.3) is 5.91 Å². The van der Waals surface area contributed by atoms with Crippen LogP contribution in [0.1, 0.15) is 10.4 Å². The highest BCUT2D eigenvalue weighted by Crippen LogP contribution is 2.19. The van der Waals surface area contributed by atoms with Crippen LogP contribution in [-0.4, -0.2) is 49.5 Å². The van der Waals surface area contributed by atoms with E-state index < -0.39 is 15.9 Å². The summed E-state index contributed by atoms with van der Waals surface area (Å²) in [4.78, 5) is 17.5. The average molecular weight is 418 g/mol. The number of aryl methyl sites for hydroxylation is 1. The first kappa shape index (κ1) is 19.0. The third-order valence-electron chi connectivity index (χ3n) is 4.62. The molecule has 0 spiro atoms. The number of carbonyl (C=O) groups excluding carboxylic acids is 1. The molecule has 0 radical (unpaired) electrons. The molecule has 1 amide bonds. The van der Waals surface area contributed by atoms with Crippen molar-refractivity contribution in [2.75, 3.05) is 26.3 Å². The maximum atomic E-state index is 12.7. The van der Waals surface area contributed by atoms with E-state index in [1.807, 2.05) is 35.9 Å². The standard InChI is InChI=1S/C19H19N3O4S2/c1-21-16-4-2-3-5-17(16)27-19(21)20-18(23)14-6-8-15(9-7-14)28(24,25)22-10-12-26-13-11-22/h2-9H,10-13H2,1H3. The Morgan fingerprint density at radius 2 is 1.75 bits per heavy atom. The molecular weight excluding hydrogens is 398 g/mol. The highest BCUT2D eigenvalue weighted by Gasteiger charge is 2.26. The Morgan fingerprint density at radius 3 is 2.43 bits per heavy atom. The third-order valence-corrected chi connectivity index (χ3v) is 7.65. The molecule has 4 rings (SSSR count). The van der Waals surface area contributed by atoms with Crippen LogP contribution in [0.4, 0.5) is 0 Å². The van der Waals surface area contributed by atoms with Crippen LogP contribution >= 0.6 is 11.3 Å². The van der Waals surface area contributed by atoms with Gasteiger partial charge < -0.3 is 9.30 Å². The Kier molecular flexibility index (Phi) is 5.15. The van der Waals surface area contributed by atoms with Gasteiger partial charge in [-0.15, -0.1) is 0 Å². The van der Waals surface area contributed by atoms with Gasteiger partial charge in [0, 0.05) is 25.7 Å². The van der Waals surface area contributed by atoms with Crippen molar-refractivity contribution < 1.29 is 17.9 Å². The van der Waals surface area contributed by atoms with Gasteiger partial charge in [0.05, 0.1) is 28.3 Å². The predicted molar refractivity (Wildman–Crippen MR) is 107 cm³/mol. The minimum absolute atomic E-state index is 0.165. The largest absolute Gasteiger partial charge is 0.379 e. The Labute approximate surface area is 166 Å². The number of ether oxygens (including phenoxy) is 1. The molecule has 28 heavy (non-hydrogen) atoms. The second kappa shape index (κ2) is 7.59. The molecule has 1 aliphatic heterocycles. The first-order valence-corrected chi connectivity index (χ1v) is 11.0. The van der Waals surface area contributed by atoms with Crippen LogP contribution in [-0.2, 0) is 21.8 Å². The molecule has 0 saturated carbocycles. The number of hydrogen-bond acceptors (Lipinski definition) is 5. The molecule has 1 fully saturated rings. The number of nitrogens with zero attached hydrogens (tertiary/aromatic N) is 3. The van der Waals surface area contributed by atoms with Gasteiger partial charge >= 0.3 is 0 Å². The van der Waals surface area contributed by atoms with Crippen LogP contribution < -0.4 is 4.80 Å².